The molecule has 0 bridgehead atoms. The van der Waals surface area contributed by atoms with Crippen molar-refractivity contribution in [2.75, 3.05) is 0 Å². The van der Waals surface area contributed by atoms with Gasteiger partial charge in [0.15, 0.2) is 0 Å². The predicted octanol–water partition coefficient (Wildman–Crippen LogP) is 3.44. The van der Waals surface area contributed by atoms with Crippen molar-refractivity contribution in [3.63, 3.8) is 0 Å². The third kappa shape index (κ3) is 1.99. The molecule has 1 atom stereocenters. The summed E-state index contributed by atoms with van der Waals surface area (Å²) >= 11 is 5.94. The van der Waals surface area contributed by atoms with Gasteiger partial charge >= 0.3 is 0 Å². The summed E-state index contributed by atoms with van der Waals surface area (Å²) in [5, 5.41) is 3.94. The smallest absolute Gasteiger partial charge is 0.0409 e. The van der Waals surface area contributed by atoms with E-state index in [4.69, 9.17) is 11.6 Å². The zero-order chi connectivity index (χ0) is 9.97. The Balaban J connectivity index is 2.31. The van der Waals surface area contributed by atoms with Gasteiger partial charge in [0.25, 0.3) is 0 Å². The first-order valence-electron chi connectivity index (χ1n) is 4.63. The molecule has 0 saturated heterocycles. The lowest BCUT2D eigenvalue weighted by atomic mass is 9.97. The normalized spacial score (nSPS) is 20.1. The molecule has 0 radical (unpaired) electrons. The van der Waals surface area contributed by atoms with Crippen molar-refractivity contribution in [1.82, 2.24) is 5.32 Å². The number of dihydropyridines is 1. The number of hydrogen-bond donors (Lipinski definition) is 1. The number of nitrogens with one attached hydrogen (secondary N) is 1. The van der Waals surface area contributed by atoms with Gasteiger partial charge in [-0.3, -0.25) is 0 Å². The van der Waals surface area contributed by atoms with Gasteiger partial charge < -0.3 is 5.32 Å². The zero-order valence-corrected chi connectivity index (χ0v) is 8.75. The Morgan fingerprint density at radius 3 is 2.93 bits per heavy atom. The minimum Gasteiger partial charge on any atom is -0.366 e. The molecule has 1 aromatic rings. The van der Waals surface area contributed by atoms with Crippen LogP contribution in [0, 0.1) is 0 Å². The summed E-state index contributed by atoms with van der Waals surface area (Å²) in [7, 11) is 0. The van der Waals surface area contributed by atoms with Crippen molar-refractivity contribution in [2.45, 2.75) is 12.8 Å². The highest BCUT2D eigenvalue weighted by molar-refractivity contribution is 6.30. The van der Waals surface area contributed by atoms with Crippen molar-refractivity contribution in [2.24, 2.45) is 0 Å². The Bertz CT molecular complexity index is 393. The second-order valence-electron chi connectivity index (χ2n) is 3.43. The highest BCUT2D eigenvalue weighted by Crippen LogP contribution is 2.24. The third-order valence-electron chi connectivity index (χ3n) is 2.28. The van der Waals surface area contributed by atoms with E-state index in [0.717, 1.165) is 5.02 Å². The minimum absolute atomic E-state index is 0.343. The first-order valence-corrected chi connectivity index (χ1v) is 5.00. The van der Waals surface area contributed by atoms with Gasteiger partial charge in [0.05, 0.1) is 0 Å². The second kappa shape index (κ2) is 3.89. The molecular weight excluding hydrogens is 194 g/mol. The molecule has 1 aromatic carbocycles. The van der Waals surface area contributed by atoms with Crippen molar-refractivity contribution >= 4 is 11.6 Å². The van der Waals surface area contributed by atoms with E-state index in [1.54, 1.807) is 0 Å². The Morgan fingerprint density at radius 1 is 1.36 bits per heavy atom. The molecule has 1 aliphatic heterocycles. The van der Waals surface area contributed by atoms with Crippen LogP contribution in [-0.4, -0.2) is 0 Å². The maximum absolute atomic E-state index is 5.94. The van der Waals surface area contributed by atoms with Gasteiger partial charge in [-0.15, -0.1) is 0 Å². The van der Waals surface area contributed by atoms with Gasteiger partial charge in [-0.1, -0.05) is 35.9 Å². The fraction of sp³-hybridized carbons (Fsp3) is 0.167. The molecule has 1 unspecified atom stereocenters. The molecule has 72 valence electrons. The number of allylic oxidation sites excluding steroid dienone is 3. The molecule has 1 nitrogen and oxygen atoms in total. The fourth-order valence-corrected chi connectivity index (χ4v) is 1.78. The summed E-state index contributed by atoms with van der Waals surface area (Å²) in [6.07, 6.45) is 6.28. The molecule has 1 heterocycles. The molecule has 0 aliphatic carbocycles. The van der Waals surface area contributed by atoms with Gasteiger partial charge in [0.1, 0.15) is 0 Å². The Morgan fingerprint density at radius 2 is 2.21 bits per heavy atom. The van der Waals surface area contributed by atoms with Gasteiger partial charge in [-0.25, -0.2) is 0 Å². The lowest BCUT2D eigenvalue weighted by molar-refractivity contribution is 0.931. The molecular formula is C12H12ClN. The van der Waals surface area contributed by atoms with Crippen LogP contribution >= 0.6 is 11.6 Å². The van der Waals surface area contributed by atoms with Gasteiger partial charge in [-0.05, 0) is 30.8 Å². The van der Waals surface area contributed by atoms with Crippen molar-refractivity contribution in [3.05, 3.63) is 58.9 Å². The van der Waals surface area contributed by atoms with Crippen molar-refractivity contribution in [1.29, 1.82) is 0 Å². The number of rotatable bonds is 1. The molecule has 2 rings (SSSR count). The SMILES string of the molecule is CC1=CC(c2cccc(Cl)c2)C=CN1. The lowest BCUT2D eigenvalue weighted by Gasteiger charge is -2.15. The first kappa shape index (κ1) is 9.35. The standard InChI is InChI=1S/C12H12ClN/c1-9-7-11(5-6-14-9)10-3-2-4-12(13)8-10/h2-8,11,14H,1H3. The largest absolute Gasteiger partial charge is 0.366 e. The van der Waals surface area contributed by atoms with E-state index in [0.29, 0.717) is 5.92 Å². The summed E-state index contributed by atoms with van der Waals surface area (Å²) in [6.45, 7) is 2.06. The van der Waals surface area contributed by atoms with Gasteiger partial charge in [0, 0.05) is 16.6 Å². The molecule has 1 N–H and O–H groups in total. The highest BCUT2D eigenvalue weighted by atomic mass is 35.5. The van der Waals surface area contributed by atoms with Gasteiger partial charge in [-0.2, -0.15) is 0 Å². The van der Waals surface area contributed by atoms with E-state index in [-0.39, 0.29) is 0 Å². The molecule has 0 spiro atoms. The summed E-state index contributed by atoms with van der Waals surface area (Å²) in [5.41, 5.74) is 2.41. The highest BCUT2D eigenvalue weighted by Gasteiger charge is 2.08. The maximum Gasteiger partial charge on any atom is 0.0409 e. The maximum atomic E-state index is 5.94. The third-order valence-corrected chi connectivity index (χ3v) is 2.51. The summed E-state index contributed by atoms with van der Waals surface area (Å²) < 4.78 is 0. The van der Waals surface area contributed by atoms with E-state index in [1.807, 2.05) is 24.4 Å². The van der Waals surface area contributed by atoms with E-state index in [1.165, 1.54) is 11.3 Å². The molecule has 0 amide bonds. The summed E-state index contributed by atoms with van der Waals surface area (Å²) in [6, 6.07) is 7.98. The zero-order valence-electron chi connectivity index (χ0n) is 8.00. The summed E-state index contributed by atoms with van der Waals surface area (Å²) in [4.78, 5) is 0. The van der Waals surface area contributed by atoms with Crippen LogP contribution in [0.15, 0.2) is 48.3 Å². The molecule has 0 fully saturated rings. The van der Waals surface area contributed by atoms with Crippen LogP contribution in [-0.2, 0) is 0 Å². The molecule has 0 saturated carbocycles. The average Bonchev–Trinajstić information content (AvgIpc) is 2.18. The molecule has 0 aromatic heterocycles. The van der Waals surface area contributed by atoms with E-state index < -0.39 is 0 Å². The molecule has 2 heteroatoms. The van der Waals surface area contributed by atoms with Crippen molar-refractivity contribution < 1.29 is 0 Å². The van der Waals surface area contributed by atoms with E-state index >= 15 is 0 Å². The van der Waals surface area contributed by atoms with Crippen LogP contribution in [0.2, 0.25) is 5.02 Å². The van der Waals surface area contributed by atoms with Crippen LogP contribution in [0.4, 0.5) is 0 Å². The first-order chi connectivity index (χ1) is 6.75. The minimum atomic E-state index is 0.343. The molecule has 1 aliphatic rings. The van der Waals surface area contributed by atoms with Crippen LogP contribution in [0.25, 0.3) is 0 Å². The van der Waals surface area contributed by atoms with Crippen molar-refractivity contribution in [3.8, 4) is 0 Å². The lowest BCUT2D eigenvalue weighted by Crippen LogP contribution is -2.08. The Labute approximate surface area is 89.1 Å². The monoisotopic (exact) mass is 205 g/mol. The summed E-state index contributed by atoms with van der Waals surface area (Å²) in [5.74, 6) is 0.343. The van der Waals surface area contributed by atoms with Crippen LogP contribution in [0.3, 0.4) is 0 Å². The van der Waals surface area contributed by atoms with Crippen LogP contribution in [0.5, 0.6) is 0 Å². The number of benzene rings is 1. The quantitative estimate of drug-likeness (QED) is 0.741. The van der Waals surface area contributed by atoms with Crippen LogP contribution in [0.1, 0.15) is 18.4 Å². The van der Waals surface area contributed by atoms with E-state index in [2.05, 4.69) is 30.5 Å². The van der Waals surface area contributed by atoms with E-state index in [9.17, 15) is 0 Å². The number of halogens is 1. The van der Waals surface area contributed by atoms with Gasteiger partial charge in [0.2, 0.25) is 0 Å². The Hall–Kier alpha value is -1.21. The van der Waals surface area contributed by atoms with Crippen LogP contribution < -0.4 is 5.32 Å². The number of hydrogen-bond acceptors (Lipinski definition) is 1. The molecule has 14 heavy (non-hydrogen) atoms. The average molecular weight is 206 g/mol. The Kier molecular flexibility index (Phi) is 2.60. The fourth-order valence-electron chi connectivity index (χ4n) is 1.58. The predicted molar refractivity (Wildman–Crippen MR) is 60.2 cm³/mol. The topological polar surface area (TPSA) is 12.0 Å². The second-order valence-corrected chi connectivity index (χ2v) is 3.87.